The maximum atomic E-state index is 9.78. The molecule has 0 spiro atoms. The van der Waals surface area contributed by atoms with Crippen LogP contribution >= 0.6 is 0 Å². The van der Waals surface area contributed by atoms with Crippen LogP contribution in [0.5, 0.6) is 0 Å². The molecule has 1 N–H and O–H groups in total. The molecule has 0 heterocycles. The molecule has 2 heteroatoms. The van der Waals surface area contributed by atoms with Crippen molar-refractivity contribution in [3.05, 3.63) is 94.1 Å². The predicted octanol–water partition coefficient (Wildman–Crippen LogP) is 2.75. The van der Waals surface area contributed by atoms with Crippen LogP contribution in [-0.4, -0.2) is 5.11 Å². The Hall–Kier alpha value is -2.14. The molecule has 0 saturated heterocycles. The third-order valence-electron chi connectivity index (χ3n) is 2.20. The van der Waals surface area contributed by atoms with Crippen molar-refractivity contribution in [1.82, 2.24) is 0 Å². The van der Waals surface area contributed by atoms with Gasteiger partial charge in [-0.05, 0) is 5.56 Å². The molecule has 0 amide bonds. The normalized spacial score (nSPS) is 13.0. The molecule has 0 aromatic heterocycles. The number of hydrogen-bond acceptors (Lipinski definition) is 1. The summed E-state index contributed by atoms with van der Waals surface area (Å²) in [7, 11) is 0. The molecule has 3 rings (SSSR count). The van der Waals surface area contributed by atoms with Crippen LogP contribution in [-0.2, 0) is 17.1 Å². The number of aliphatic hydroxyl groups excluding tert-OH is 1. The Morgan fingerprint density at radius 1 is 1.05 bits per heavy atom. The van der Waals surface area contributed by atoms with Gasteiger partial charge in [0, 0.05) is 0 Å². The second-order valence-electron chi connectivity index (χ2n) is 3.41. The molecular formula is C17H8FeO. The van der Waals surface area contributed by atoms with Crippen molar-refractivity contribution in [3.63, 3.8) is 0 Å². The molecule has 19 heavy (non-hydrogen) atoms. The monoisotopic (exact) mass is 284 g/mol. The largest absolute Gasteiger partial charge is 2.00 e. The molecule has 0 saturated carbocycles. The van der Waals surface area contributed by atoms with Crippen LogP contribution in [0.3, 0.4) is 0 Å². The molecule has 1 unspecified atom stereocenters. The maximum Gasteiger partial charge on any atom is 2.00 e. The fraction of sp³-hybridized carbons (Fsp3) is 0.0588. The van der Waals surface area contributed by atoms with E-state index in [1.165, 1.54) is 0 Å². The van der Waals surface area contributed by atoms with E-state index in [1.54, 1.807) is 6.08 Å². The van der Waals surface area contributed by atoms with E-state index in [0.717, 1.165) is 5.56 Å². The van der Waals surface area contributed by atoms with E-state index in [1.807, 2.05) is 30.3 Å². The Morgan fingerprint density at radius 2 is 1.84 bits per heavy atom. The number of hydrogen-bond donors (Lipinski definition) is 1. The Balaban J connectivity index is 0.000000256. The minimum absolute atomic E-state index is 0. The van der Waals surface area contributed by atoms with Gasteiger partial charge in [-0.2, -0.15) is 0 Å². The van der Waals surface area contributed by atoms with Gasteiger partial charge in [-0.25, -0.2) is 11.5 Å². The molecular weight excluding hydrogens is 276 g/mol. The molecule has 0 fully saturated rings. The molecule has 0 radical (unpaired) electrons. The zero-order chi connectivity index (χ0) is 12.6. The Morgan fingerprint density at radius 3 is 2.32 bits per heavy atom. The van der Waals surface area contributed by atoms with Crippen LogP contribution < -0.4 is 0 Å². The molecule has 1 aromatic carbocycles. The van der Waals surface area contributed by atoms with E-state index in [0.29, 0.717) is 5.57 Å². The maximum absolute atomic E-state index is 9.78. The van der Waals surface area contributed by atoms with E-state index >= 15 is 0 Å². The van der Waals surface area contributed by atoms with Crippen molar-refractivity contribution < 1.29 is 22.2 Å². The van der Waals surface area contributed by atoms with Gasteiger partial charge in [-0.3, -0.25) is 22.9 Å². The molecule has 1 nitrogen and oxygen atoms in total. The van der Waals surface area contributed by atoms with Crippen molar-refractivity contribution in [2.45, 2.75) is 6.10 Å². The van der Waals surface area contributed by atoms with Crippen LogP contribution in [0, 0.1) is 12.2 Å². The van der Waals surface area contributed by atoms with E-state index in [2.05, 4.69) is 46.5 Å². The third kappa shape index (κ3) is 4.56. The van der Waals surface area contributed by atoms with Crippen molar-refractivity contribution >= 4 is 0 Å². The fourth-order valence-corrected chi connectivity index (χ4v) is 1.35. The number of allylic oxidation sites excluding steroid dienone is 2. The molecule has 0 aliphatic heterocycles. The fourth-order valence-electron chi connectivity index (χ4n) is 1.35. The first kappa shape index (κ1) is 14.9. The summed E-state index contributed by atoms with van der Waals surface area (Å²) in [5, 5.41) is 9.78. The predicted molar refractivity (Wildman–Crippen MR) is 67.0 cm³/mol. The summed E-state index contributed by atoms with van der Waals surface area (Å²) >= 11 is 0. The van der Waals surface area contributed by atoms with E-state index in [9.17, 15) is 5.11 Å². The van der Waals surface area contributed by atoms with Crippen LogP contribution in [0.25, 0.3) is 0 Å². The second-order valence-corrected chi connectivity index (χ2v) is 3.41. The number of aliphatic hydroxyl groups is 1. The third-order valence-corrected chi connectivity index (χ3v) is 2.20. The zero-order valence-corrected chi connectivity index (χ0v) is 10.9. The van der Waals surface area contributed by atoms with Crippen LogP contribution in [0.15, 0.2) is 76.4 Å². The van der Waals surface area contributed by atoms with Crippen molar-refractivity contribution in [2.24, 2.45) is 0 Å². The smallest absolute Gasteiger partial charge is 0.385 e. The standard InChI is InChI=1S/C12H7O.C5H.Fe/c13-12(11-8-4-5-9-11)10-6-2-1-3-7-10;1-2-4-5-3-1;/h1-3,6-7,12-13H;1H;/q2*-1;+2. The second kappa shape index (κ2) is 8.05. The summed E-state index contributed by atoms with van der Waals surface area (Å²) in [6.07, 6.45) is 6.35. The summed E-state index contributed by atoms with van der Waals surface area (Å²) in [4.78, 5) is 0. The Kier molecular flexibility index (Phi) is 6.32. The van der Waals surface area contributed by atoms with E-state index in [-0.39, 0.29) is 17.1 Å². The van der Waals surface area contributed by atoms with Gasteiger partial charge in [0.2, 0.25) is 0 Å². The first-order valence-corrected chi connectivity index (χ1v) is 5.32. The minimum Gasteiger partial charge on any atom is -0.385 e. The molecule has 1 aromatic rings. The minimum atomic E-state index is -0.663. The van der Waals surface area contributed by atoms with Crippen LogP contribution in [0.1, 0.15) is 11.7 Å². The Labute approximate surface area is 122 Å². The average Bonchev–Trinajstić information content (AvgIpc) is 3.14. The topological polar surface area (TPSA) is 20.2 Å². The van der Waals surface area contributed by atoms with Gasteiger partial charge in [0.15, 0.2) is 0 Å². The zero-order valence-electron chi connectivity index (χ0n) is 9.84. The number of rotatable bonds is 2. The van der Waals surface area contributed by atoms with Gasteiger partial charge >= 0.3 is 17.1 Å². The van der Waals surface area contributed by atoms with Gasteiger partial charge in [0.1, 0.15) is 0 Å². The van der Waals surface area contributed by atoms with Gasteiger partial charge in [0.05, 0.1) is 6.10 Å². The summed E-state index contributed by atoms with van der Waals surface area (Å²) in [5.74, 6) is 0. The summed E-state index contributed by atoms with van der Waals surface area (Å²) in [6, 6.07) is 9.40. The Bertz CT molecular complexity index is 688. The van der Waals surface area contributed by atoms with E-state index in [4.69, 9.17) is 0 Å². The van der Waals surface area contributed by atoms with Crippen LogP contribution in [0.2, 0.25) is 0 Å². The molecule has 1 atom stereocenters. The first-order valence-electron chi connectivity index (χ1n) is 5.32. The van der Waals surface area contributed by atoms with E-state index < -0.39 is 6.10 Å². The van der Waals surface area contributed by atoms with Crippen molar-refractivity contribution in [3.8, 4) is 0 Å². The summed E-state index contributed by atoms with van der Waals surface area (Å²) in [5.41, 5.74) is 17.1. The van der Waals surface area contributed by atoms with Crippen molar-refractivity contribution in [1.29, 1.82) is 0 Å². The molecule has 2 aliphatic rings. The average molecular weight is 284 g/mol. The molecule has 0 bridgehead atoms. The van der Waals surface area contributed by atoms with Gasteiger partial charge in [-0.15, -0.1) is 18.2 Å². The van der Waals surface area contributed by atoms with Gasteiger partial charge in [0.25, 0.3) is 0 Å². The quantitative estimate of drug-likeness (QED) is 0.503. The first-order chi connectivity index (χ1) is 8.88. The SMILES string of the molecule is C1=C=[C-]C=C=1.OC(C1=C=C=C=[C-]1)c1ccccc1.[Fe+2]. The summed E-state index contributed by atoms with van der Waals surface area (Å²) in [6.45, 7) is 0. The van der Waals surface area contributed by atoms with Gasteiger partial charge in [-0.1, -0.05) is 35.9 Å². The molecule has 90 valence electrons. The van der Waals surface area contributed by atoms with Crippen LogP contribution in [0.4, 0.5) is 0 Å². The molecule has 2 aliphatic carbocycles. The van der Waals surface area contributed by atoms with Gasteiger partial charge < -0.3 is 5.11 Å². The van der Waals surface area contributed by atoms with Crippen molar-refractivity contribution in [2.75, 3.05) is 0 Å². The number of benzene rings is 1. The summed E-state index contributed by atoms with van der Waals surface area (Å²) < 4.78 is 0.